The first-order valence-electron chi connectivity index (χ1n) is 38.7. The molecule has 9 aromatic rings. The summed E-state index contributed by atoms with van der Waals surface area (Å²) in [4.78, 5) is 168. The number of thiol groups is 1. The fraction of sp³-hybridized carbons (Fsp3) is 0.559. The maximum absolute atomic E-state index is 16.0. The van der Waals surface area contributed by atoms with Gasteiger partial charge in [-0.05, 0) is 59.0 Å². The number of alkyl halides is 3. The zero-order valence-electron chi connectivity index (χ0n) is 66.1. The number of rotatable bonds is 6. The third kappa shape index (κ3) is 19.0. The number of fused-ring (bicyclic) bond motifs is 15. The predicted octanol–water partition coefficient (Wildman–Crippen LogP) is 0.0715. The van der Waals surface area contributed by atoms with E-state index in [1.165, 1.54) is 40.4 Å². The zero-order chi connectivity index (χ0) is 93.8. The van der Waals surface area contributed by atoms with E-state index in [0.717, 1.165) is 30.5 Å². The van der Waals surface area contributed by atoms with Gasteiger partial charge in [0.2, 0.25) is 17.8 Å². The van der Waals surface area contributed by atoms with Crippen LogP contribution in [0, 0.1) is 0 Å². The quantitative estimate of drug-likeness (QED) is 0.0774. The molecule has 0 radical (unpaired) electrons. The van der Waals surface area contributed by atoms with Gasteiger partial charge in [-0.2, -0.15) is 33.7 Å². The highest BCUT2D eigenvalue weighted by Gasteiger charge is 2.58. The maximum Gasteiger partial charge on any atom is 0.386 e. The molecule has 12 aliphatic rings. The number of hydrogen-bond donors (Lipinski definition) is 13. The van der Waals surface area contributed by atoms with E-state index in [0.29, 0.717) is 0 Å². The lowest BCUT2D eigenvalue weighted by atomic mass is 10.1. The zero-order valence-corrected chi connectivity index (χ0v) is 77.3. The van der Waals surface area contributed by atoms with Crippen LogP contribution in [0.3, 0.4) is 0 Å². The van der Waals surface area contributed by atoms with Gasteiger partial charge in [-0.25, -0.2) is 42.7 Å². The number of nitrogens with one attached hydrogen (secondary N) is 3. The fourth-order valence-electron chi connectivity index (χ4n) is 15.6. The normalized spacial score (nSPS) is 38.1. The molecular formula is C59H65F3N28O30P6S7. The van der Waals surface area contributed by atoms with E-state index in [2.05, 4.69) is 108 Å². The molecule has 9 aromatic heterocycles. The van der Waals surface area contributed by atoms with Crippen molar-refractivity contribution < 1.29 is 140 Å². The van der Waals surface area contributed by atoms with Crippen LogP contribution in [-0.4, -0.2) is 311 Å². The number of nitrogens with zero attached hydrogens (tertiary/aromatic N) is 22. The Labute approximate surface area is 770 Å². The smallest absolute Gasteiger partial charge is 0.386 e. The summed E-state index contributed by atoms with van der Waals surface area (Å²) in [5.41, 5.74) is 14.7. The maximum atomic E-state index is 16.0. The lowest BCUT2D eigenvalue weighted by Crippen LogP contribution is -2.35. The van der Waals surface area contributed by atoms with E-state index in [1.807, 2.05) is 0 Å². The molecule has 714 valence electrons. The van der Waals surface area contributed by atoms with Crippen LogP contribution in [0.5, 0.6) is 0 Å². The van der Waals surface area contributed by atoms with Crippen LogP contribution in [0.2, 0.25) is 0 Å². The topological polar surface area (TPSA) is 757 Å². The Balaban J connectivity index is 0.000000129. The number of aliphatic hydroxyl groups excluding tert-OH is 1. The molecule has 0 spiro atoms. The number of ketones is 3. The van der Waals surface area contributed by atoms with E-state index >= 15 is 13.2 Å². The van der Waals surface area contributed by atoms with Crippen molar-refractivity contribution in [3.8, 4) is 0 Å². The summed E-state index contributed by atoms with van der Waals surface area (Å²) in [5.74, 6) is -1.65. The van der Waals surface area contributed by atoms with Crippen molar-refractivity contribution in [3.05, 3.63) is 60.8 Å². The molecule has 21 rings (SSSR count). The monoisotopic (exact) mass is 2110 g/mol. The fourth-order valence-corrected chi connectivity index (χ4v) is 26.0. The van der Waals surface area contributed by atoms with E-state index in [-0.39, 0.29) is 149 Å². The van der Waals surface area contributed by atoms with Gasteiger partial charge in [-0.15, -0.1) is 32.2 Å². The molecule has 21 heterocycles. The van der Waals surface area contributed by atoms with Crippen LogP contribution >= 0.6 is 64.4 Å². The van der Waals surface area contributed by atoms with Crippen LogP contribution in [-0.2, 0) is 142 Å². The number of thioether (sulfide) groups is 1. The first kappa shape index (κ1) is 94.8. The molecule has 28 atom stereocenters. The molecule has 133 heavy (non-hydrogen) atoms. The summed E-state index contributed by atoms with van der Waals surface area (Å²) >= 11 is 31.1. The van der Waals surface area contributed by atoms with Crippen molar-refractivity contribution in [3.63, 3.8) is 0 Å². The minimum atomic E-state index is -4.35. The number of Topliss-reactive ketones (excluding diaryl/α,β-unsaturated/α-hetero) is 3. The standard InChI is InChI=1S/C21H23FN8O10P2S3.2C19H21FN10O10P2S2/c22-10-14-8(38-19(10)29-5-25-11-7(31)1-2-24-16(11)29)3-36-41(34,43)40-15-13(32)9(4-37-42(35,44)39-14)45-20(15)30-6-26-12-17(30)27-21(23)28-18(12)33;2*20-10-13-9(38-18(10)29-14-11(25-27-29)7(31)1-2-22-14)5-36-41(33,43)39-8-3-6(4-35-42(34,44)40-13)37-17(8)30-15-12(26-28-30)16(32)24-19(21)23-15/h2,5-6,8-10,13-15,19-20,32H,1,3-4H2,(H,34,43)(H,35,44)(H3,23,27,28,33);2*2,6,8-10,13,17-18H,1,3-5H2,(H,33,43)(H,34,44)(H3,21,23,24,32)/t8-,9-,10+,13-,14-,15-,19-,20-,41?,42?;2*6-,8+,9+,10-,13+,17+,18+,41?,42?/m100/s1. The lowest BCUT2D eigenvalue weighted by molar-refractivity contribution is -0.0653. The SMILES string of the molecule is Nc1nc2c(ncn2[C@@H]2S[C@@H]3COP(O)(=S)O[C@H]4[C@H](F)[C@H](n5cnc6c5N=CCC6=O)O[C@@H]4COP(=O)(S)O[C@@H]2[C@@H]3O)c(=O)[nH]1.Nc1nc2c(nnn2[C@@H]2O[C@@H]3COP(O)(=S)O[C@H]4[C@H](F)[C@H](n5nnc6c5N=CCC6=O)O[C@@H]4COP(O)(=S)O[C@@H]2C3)c(=O)[nH]1.Nc1nc2c(nnn2[C@@H]2O[C@@H]3COP(O)(=S)O[C@H]4[C@H](F)[C@H](n5nnc6c5N=CCC6=O)O[C@@H]4COP(O)(=S)O[C@@H]2C3)c(=O)[nH]1. The summed E-state index contributed by atoms with van der Waals surface area (Å²) in [6.07, 6.45) is -21.9. The molecular weight excluding hydrogens is 2050 g/mol. The Kier molecular flexibility index (Phi) is 26.1. The van der Waals surface area contributed by atoms with E-state index in [9.17, 15) is 62.9 Å². The summed E-state index contributed by atoms with van der Waals surface area (Å²) in [6, 6.07) is 0. The highest BCUT2D eigenvalue weighted by atomic mass is 32.7. The number of hydrogen-bond acceptors (Lipinski definition) is 50. The van der Waals surface area contributed by atoms with Gasteiger partial charge in [-0.1, -0.05) is 33.1 Å². The molecule has 0 aliphatic carbocycles. The highest BCUT2D eigenvalue weighted by Crippen LogP contribution is 2.63. The summed E-state index contributed by atoms with van der Waals surface area (Å²) < 4.78 is 165. The number of aromatic amines is 3. The molecule has 9 saturated heterocycles. The van der Waals surface area contributed by atoms with Gasteiger partial charge in [-0.3, -0.25) is 75.5 Å². The third-order valence-corrected chi connectivity index (χ3v) is 32.5. The van der Waals surface area contributed by atoms with Crippen molar-refractivity contribution in [2.24, 2.45) is 15.0 Å². The molecule has 74 heteroatoms. The molecule has 0 saturated carbocycles. The number of aromatic nitrogens is 22. The Morgan fingerprint density at radius 2 is 0.827 bits per heavy atom. The van der Waals surface area contributed by atoms with Gasteiger partial charge in [0.1, 0.15) is 60.3 Å². The van der Waals surface area contributed by atoms with Gasteiger partial charge in [0.05, 0.1) is 75.9 Å². The number of nitrogen functional groups attached to an aromatic ring is 3. The molecule has 12 aliphatic heterocycles. The van der Waals surface area contributed by atoms with E-state index in [1.54, 1.807) is 0 Å². The van der Waals surface area contributed by atoms with Crippen molar-refractivity contribution in [2.45, 2.75) is 166 Å². The number of nitrogens with two attached hydrogens (primary N) is 3. The summed E-state index contributed by atoms with van der Waals surface area (Å²) in [5, 5.41) is 40.2. The van der Waals surface area contributed by atoms with Crippen LogP contribution in [0.4, 0.5) is 48.5 Å². The van der Waals surface area contributed by atoms with Gasteiger partial charge in [0.15, 0.2) is 135 Å². The number of carbonyl (C=O) groups is 3. The van der Waals surface area contributed by atoms with Crippen LogP contribution in [0.15, 0.2) is 42.0 Å². The molecule has 6 bridgehead atoms. The van der Waals surface area contributed by atoms with Crippen LogP contribution in [0.25, 0.3) is 33.5 Å². The number of imidazole rings is 2. The number of anilines is 3. The Morgan fingerprint density at radius 1 is 0.436 bits per heavy atom. The Hall–Kier alpha value is -7.13. The minimum Gasteiger partial charge on any atom is -0.389 e. The van der Waals surface area contributed by atoms with Crippen LogP contribution in [0.1, 0.15) is 100 Å². The van der Waals surface area contributed by atoms with Crippen molar-refractivity contribution in [2.75, 3.05) is 56.8 Å². The summed E-state index contributed by atoms with van der Waals surface area (Å²) in [6.45, 7) is -28.1. The molecule has 0 amide bonds. The number of aliphatic hydroxyl groups is 1. The average molecular weight is 2110 g/mol. The second-order valence-electron chi connectivity index (χ2n) is 30.2. The summed E-state index contributed by atoms with van der Waals surface area (Å²) in [7, 11) is 0. The molecule has 0 aromatic carbocycles. The van der Waals surface area contributed by atoms with Gasteiger partial charge in [0.25, 0.3) is 16.7 Å². The van der Waals surface area contributed by atoms with Gasteiger partial charge >= 0.3 is 40.4 Å². The highest BCUT2D eigenvalue weighted by molar-refractivity contribution is 8.44. The van der Waals surface area contributed by atoms with Gasteiger partial charge < -0.3 is 102 Å². The molecule has 9 fully saturated rings. The second kappa shape index (κ2) is 36.6. The van der Waals surface area contributed by atoms with Crippen molar-refractivity contribution >= 4 is 228 Å². The second-order valence-corrected chi connectivity index (χ2v) is 48.3. The van der Waals surface area contributed by atoms with E-state index < -0.39 is 217 Å². The van der Waals surface area contributed by atoms with E-state index in [4.69, 9.17) is 154 Å². The number of ether oxygens (including phenoxy) is 5. The third-order valence-electron chi connectivity index (χ3n) is 21.5. The van der Waals surface area contributed by atoms with Crippen LogP contribution < -0.4 is 33.9 Å². The minimum absolute atomic E-state index is 0.00688. The Morgan fingerprint density at radius 3 is 1.31 bits per heavy atom. The lowest BCUT2D eigenvalue weighted by Gasteiger charge is -2.27. The first-order valence-corrected chi connectivity index (χ1v) is 55.2. The van der Waals surface area contributed by atoms with Crippen molar-refractivity contribution in [1.29, 1.82) is 0 Å². The largest absolute Gasteiger partial charge is 0.389 e. The van der Waals surface area contributed by atoms with Gasteiger partial charge in [0, 0.05) is 50.7 Å². The Bertz CT molecular complexity index is 6540. The molecule has 58 nitrogen and oxygen atoms in total. The first-order chi connectivity index (χ1) is 63.1. The number of aliphatic imine (C=N–C) groups is 3. The number of H-pyrrole nitrogens is 3. The molecule has 15 N–H and O–H groups in total. The molecule has 6 unspecified atom stereocenters. The predicted molar refractivity (Wildman–Crippen MR) is 461 cm³/mol. The number of halogens is 3. The number of carbonyl (C=O) groups excluding carboxylic acids is 3. The van der Waals surface area contributed by atoms with Crippen molar-refractivity contribution in [1.82, 2.24) is 109 Å². The average Bonchev–Trinajstić information content (AvgIpc) is 1.62.